The second kappa shape index (κ2) is 3.97. The maximum atomic E-state index is 10.5. The van der Waals surface area contributed by atoms with Crippen LogP contribution in [0.25, 0.3) is 0 Å². The second-order valence-corrected chi connectivity index (χ2v) is 2.36. The first-order chi connectivity index (χ1) is 6.70. The Labute approximate surface area is 79.2 Å². The zero-order valence-electron chi connectivity index (χ0n) is 6.91. The molecule has 0 saturated heterocycles. The van der Waals surface area contributed by atoms with Crippen LogP contribution in [-0.4, -0.2) is 9.91 Å². The molecule has 0 N–H and O–H groups in total. The third-order valence-corrected chi connectivity index (χ3v) is 1.54. The first-order valence-corrected chi connectivity index (χ1v) is 3.59. The maximum absolute atomic E-state index is 10.5. The fourth-order valence-corrected chi connectivity index (χ4v) is 0.937. The molecule has 1 aromatic rings. The average Bonchev–Trinajstić information content (AvgIpc) is 2.20. The first kappa shape index (κ1) is 9.62. The fourth-order valence-electron chi connectivity index (χ4n) is 0.937. The van der Waals surface area contributed by atoms with Gasteiger partial charge in [-0.3, -0.25) is 15.1 Å². The van der Waals surface area contributed by atoms with Gasteiger partial charge in [-0.05, 0) is 6.07 Å². The quantitative estimate of drug-likeness (QED) is 0.510. The van der Waals surface area contributed by atoms with Gasteiger partial charge in [0.25, 0.3) is 5.69 Å². The molecule has 1 rings (SSSR count). The van der Waals surface area contributed by atoms with Gasteiger partial charge in [-0.2, -0.15) is 10.5 Å². The molecule has 0 aliphatic rings. The lowest BCUT2D eigenvalue weighted by Gasteiger charge is -1.99. The van der Waals surface area contributed by atoms with Gasteiger partial charge in [0.05, 0.1) is 17.1 Å². The third kappa shape index (κ3) is 1.65. The van der Waals surface area contributed by atoms with E-state index >= 15 is 0 Å². The molecular weight excluding hydrogens is 184 g/mol. The van der Waals surface area contributed by atoms with Gasteiger partial charge in [-0.1, -0.05) is 0 Å². The van der Waals surface area contributed by atoms with Gasteiger partial charge in [0.15, 0.2) is 5.92 Å². The average molecular weight is 188 g/mol. The molecule has 0 aliphatic heterocycles. The van der Waals surface area contributed by atoms with Crippen LogP contribution in [0.5, 0.6) is 0 Å². The van der Waals surface area contributed by atoms with Crippen molar-refractivity contribution in [3.63, 3.8) is 0 Å². The summed E-state index contributed by atoms with van der Waals surface area (Å²) in [4.78, 5) is 13.5. The van der Waals surface area contributed by atoms with Crippen molar-refractivity contribution < 1.29 is 4.92 Å². The van der Waals surface area contributed by atoms with Crippen LogP contribution in [0, 0.1) is 32.8 Å². The third-order valence-electron chi connectivity index (χ3n) is 1.54. The summed E-state index contributed by atoms with van der Waals surface area (Å²) in [6.07, 6.45) is 1.31. The summed E-state index contributed by atoms with van der Waals surface area (Å²) in [5.41, 5.74) is -0.414. The van der Waals surface area contributed by atoms with E-state index in [0.717, 1.165) is 0 Å². The predicted molar refractivity (Wildman–Crippen MR) is 44.9 cm³/mol. The van der Waals surface area contributed by atoms with E-state index in [4.69, 9.17) is 10.5 Å². The van der Waals surface area contributed by atoms with Gasteiger partial charge in [0.2, 0.25) is 0 Å². The maximum Gasteiger partial charge on any atom is 0.293 e. The van der Waals surface area contributed by atoms with Crippen molar-refractivity contribution in [2.75, 3.05) is 0 Å². The number of aromatic nitrogens is 1. The van der Waals surface area contributed by atoms with Crippen molar-refractivity contribution in [3.8, 4) is 12.1 Å². The van der Waals surface area contributed by atoms with E-state index in [1.807, 2.05) is 0 Å². The largest absolute Gasteiger partial charge is 0.293 e. The summed E-state index contributed by atoms with van der Waals surface area (Å²) in [5.74, 6) is -1.20. The molecule has 1 aromatic heterocycles. The lowest BCUT2D eigenvalue weighted by molar-refractivity contribution is -0.385. The molecular formula is C8H4N4O2. The van der Waals surface area contributed by atoms with Crippen LogP contribution < -0.4 is 0 Å². The summed E-state index contributed by atoms with van der Waals surface area (Å²) >= 11 is 0. The Morgan fingerprint density at radius 1 is 1.50 bits per heavy atom. The molecule has 6 heteroatoms. The van der Waals surface area contributed by atoms with Crippen molar-refractivity contribution in [3.05, 3.63) is 34.1 Å². The molecule has 68 valence electrons. The summed E-state index contributed by atoms with van der Waals surface area (Å²) in [6, 6.07) is 5.87. The molecule has 0 aliphatic carbocycles. The highest BCUT2D eigenvalue weighted by molar-refractivity contribution is 5.42. The molecule has 6 nitrogen and oxygen atoms in total. The predicted octanol–water partition coefficient (Wildman–Crippen LogP) is 1.12. The van der Waals surface area contributed by atoms with Crippen LogP contribution >= 0.6 is 0 Å². The van der Waals surface area contributed by atoms with E-state index in [-0.39, 0.29) is 11.4 Å². The van der Waals surface area contributed by atoms with Crippen LogP contribution in [0.15, 0.2) is 18.3 Å². The highest BCUT2D eigenvalue weighted by Gasteiger charge is 2.22. The fraction of sp³-hybridized carbons (Fsp3) is 0.125. The molecule has 0 amide bonds. The molecule has 0 saturated carbocycles. The van der Waals surface area contributed by atoms with Gasteiger partial charge in [0.1, 0.15) is 5.69 Å². The number of hydrogen-bond donors (Lipinski definition) is 0. The molecule has 0 fully saturated rings. The van der Waals surface area contributed by atoms with E-state index < -0.39 is 10.8 Å². The number of hydrogen-bond acceptors (Lipinski definition) is 5. The van der Waals surface area contributed by atoms with E-state index in [1.54, 1.807) is 12.1 Å². The van der Waals surface area contributed by atoms with E-state index in [2.05, 4.69) is 4.98 Å². The molecule has 0 spiro atoms. The van der Waals surface area contributed by atoms with Crippen LogP contribution in [0.2, 0.25) is 0 Å². The van der Waals surface area contributed by atoms with Crippen LogP contribution in [0.1, 0.15) is 11.6 Å². The van der Waals surface area contributed by atoms with Crippen LogP contribution in [0.4, 0.5) is 5.69 Å². The lowest BCUT2D eigenvalue weighted by Crippen LogP contribution is -2.01. The minimum Gasteiger partial charge on any atom is -0.258 e. The summed E-state index contributed by atoms with van der Waals surface area (Å²) in [5, 5.41) is 27.6. The van der Waals surface area contributed by atoms with Crippen LogP contribution in [0.3, 0.4) is 0 Å². The molecule has 14 heavy (non-hydrogen) atoms. The van der Waals surface area contributed by atoms with Gasteiger partial charge in [-0.25, -0.2) is 0 Å². The first-order valence-electron chi connectivity index (χ1n) is 3.59. The second-order valence-electron chi connectivity index (χ2n) is 2.36. The Morgan fingerprint density at radius 3 is 2.64 bits per heavy atom. The smallest absolute Gasteiger partial charge is 0.258 e. The number of rotatable bonds is 2. The minimum absolute atomic E-state index is 0.109. The summed E-state index contributed by atoms with van der Waals surface area (Å²) < 4.78 is 0. The zero-order valence-corrected chi connectivity index (χ0v) is 6.91. The van der Waals surface area contributed by atoms with Crippen molar-refractivity contribution >= 4 is 5.69 Å². The Kier molecular flexibility index (Phi) is 2.72. The number of nitrogens with zero attached hydrogens (tertiary/aromatic N) is 4. The SMILES string of the molecule is N#CC(C#N)c1ncccc1[N+](=O)[O-]. The van der Waals surface area contributed by atoms with E-state index in [0.29, 0.717) is 0 Å². The molecule has 0 atom stereocenters. The Hall–Kier alpha value is -2.47. The molecule has 0 bridgehead atoms. The molecule has 0 radical (unpaired) electrons. The Balaban J connectivity index is 3.29. The highest BCUT2D eigenvalue weighted by Crippen LogP contribution is 2.22. The number of pyridine rings is 1. The van der Waals surface area contributed by atoms with Gasteiger partial charge < -0.3 is 0 Å². The van der Waals surface area contributed by atoms with Crippen molar-refractivity contribution in [2.24, 2.45) is 0 Å². The molecule has 0 aromatic carbocycles. The van der Waals surface area contributed by atoms with Gasteiger partial charge in [0, 0.05) is 12.3 Å². The Morgan fingerprint density at radius 2 is 2.14 bits per heavy atom. The van der Waals surface area contributed by atoms with Gasteiger partial charge in [-0.15, -0.1) is 0 Å². The number of nitriles is 2. The summed E-state index contributed by atoms with van der Waals surface area (Å²) in [7, 11) is 0. The van der Waals surface area contributed by atoms with Crippen molar-refractivity contribution in [1.29, 1.82) is 10.5 Å². The lowest BCUT2D eigenvalue weighted by atomic mass is 10.1. The highest BCUT2D eigenvalue weighted by atomic mass is 16.6. The van der Waals surface area contributed by atoms with Crippen LogP contribution in [-0.2, 0) is 0 Å². The van der Waals surface area contributed by atoms with Crippen molar-refractivity contribution in [1.82, 2.24) is 4.98 Å². The Bertz CT molecular complexity index is 429. The topological polar surface area (TPSA) is 104 Å². The van der Waals surface area contributed by atoms with Crippen molar-refractivity contribution in [2.45, 2.75) is 5.92 Å². The molecule has 1 heterocycles. The standard InChI is InChI=1S/C8H4N4O2/c9-4-6(5-10)8-7(12(13)14)2-1-3-11-8/h1-3,6H. The molecule has 0 unspecified atom stereocenters. The van der Waals surface area contributed by atoms with Gasteiger partial charge >= 0.3 is 0 Å². The minimum atomic E-state index is -1.20. The number of nitro groups is 1. The van der Waals surface area contributed by atoms with E-state index in [9.17, 15) is 10.1 Å². The monoisotopic (exact) mass is 188 g/mol. The zero-order chi connectivity index (χ0) is 10.6. The van der Waals surface area contributed by atoms with E-state index in [1.165, 1.54) is 18.3 Å². The normalized spacial score (nSPS) is 9.07. The summed E-state index contributed by atoms with van der Waals surface area (Å²) in [6.45, 7) is 0.